The molecule has 1 atom stereocenters. The molecule has 14 heavy (non-hydrogen) atoms. The quantitative estimate of drug-likeness (QED) is 0.585. The van der Waals surface area contributed by atoms with Crippen LogP contribution in [0.1, 0.15) is 77.6 Å². The molecule has 0 saturated heterocycles. The zero-order valence-electron chi connectivity index (χ0n) is 9.86. The van der Waals surface area contributed by atoms with Gasteiger partial charge in [0.2, 0.25) is 0 Å². The van der Waals surface area contributed by atoms with Crippen LogP contribution in [0.5, 0.6) is 0 Å². The predicted octanol–water partition coefficient (Wildman–Crippen LogP) is 4.93. The van der Waals surface area contributed by atoms with Crippen molar-refractivity contribution >= 4 is 0 Å². The molecule has 0 N–H and O–H groups in total. The number of rotatable bonds is 2. The number of hydrogen-bond donors (Lipinski definition) is 0. The summed E-state index contributed by atoms with van der Waals surface area (Å²) in [6.07, 6.45) is 16.8. The first-order valence-electron chi connectivity index (χ1n) is 6.87. The van der Waals surface area contributed by atoms with Gasteiger partial charge in [-0.3, -0.25) is 0 Å². The molecule has 0 aliphatic heterocycles. The highest BCUT2D eigenvalue weighted by Crippen LogP contribution is 2.52. The molecule has 0 aromatic carbocycles. The van der Waals surface area contributed by atoms with Crippen molar-refractivity contribution < 1.29 is 0 Å². The minimum Gasteiger partial charge on any atom is -0.0654 e. The van der Waals surface area contributed by atoms with Gasteiger partial charge in [-0.05, 0) is 37.0 Å². The van der Waals surface area contributed by atoms with E-state index >= 15 is 0 Å². The Morgan fingerprint density at radius 2 is 1.57 bits per heavy atom. The van der Waals surface area contributed by atoms with Crippen molar-refractivity contribution in [2.75, 3.05) is 0 Å². The molecule has 82 valence electrons. The van der Waals surface area contributed by atoms with Gasteiger partial charge in [-0.2, -0.15) is 0 Å². The average molecular weight is 194 g/mol. The highest BCUT2D eigenvalue weighted by molar-refractivity contribution is 4.91. The van der Waals surface area contributed by atoms with Crippen LogP contribution in [0.25, 0.3) is 0 Å². The molecule has 2 aliphatic rings. The van der Waals surface area contributed by atoms with Crippen LogP contribution < -0.4 is 0 Å². The van der Waals surface area contributed by atoms with Gasteiger partial charge in [0.05, 0.1) is 0 Å². The average Bonchev–Trinajstić information content (AvgIpc) is 2.23. The summed E-state index contributed by atoms with van der Waals surface area (Å²) in [6.45, 7) is 2.37. The first kappa shape index (κ1) is 10.5. The molecular formula is C14H26. The maximum Gasteiger partial charge on any atom is -0.0269 e. The van der Waals surface area contributed by atoms with Crippen LogP contribution >= 0.6 is 0 Å². The zero-order chi connectivity index (χ0) is 9.86. The summed E-state index contributed by atoms with van der Waals surface area (Å²) in [5.74, 6) is 1.10. The Kier molecular flexibility index (Phi) is 3.52. The summed E-state index contributed by atoms with van der Waals surface area (Å²) in [5.41, 5.74) is 0.826. The van der Waals surface area contributed by atoms with E-state index in [4.69, 9.17) is 0 Å². The largest absolute Gasteiger partial charge is 0.0654 e. The Morgan fingerprint density at radius 1 is 0.929 bits per heavy atom. The normalized spacial score (nSPS) is 31.9. The van der Waals surface area contributed by atoms with Crippen LogP contribution in [-0.4, -0.2) is 0 Å². The molecule has 2 fully saturated rings. The first-order valence-corrected chi connectivity index (χ1v) is 6.87. The predicted molar refractivity (Wildman–Crippen MR) is 62.4 cm³/mol. The Morgan fingerprint density at radius 3 is 2.21 bits per heavy atom. The lowest BCUT2D eigenvalue weighted by atomic mass is 9.58. The Hall–Kier alpha value is 0. The third-order valence-electron chi connectivity index (χ3n) is 4.83. The second-order valence-corrected chi connectivity index (χ2v) is 5.65. The van der Waals surface area contributed by atoms with Crippen molar-refractivity contribution in [1.29, 1.82) is 0 Å². The van der Waals surface area contributed by atoms with Crippen LogP contribution in [0.2, 0.25) is 0 Å². The van der Waals surface area contributed by atoms with Crippen LogP contribution in [-0.2, 0) is 0 Å². The summed E-state index contributed by atoms with van der Waals surface area (Å²) in [4.78, 5) is 0. The lowest BCUT2D eigenvalue weighted by Gasteiger charge is -2.47. The summed E-state index contributed by atoms with van der Waals surface area (Å²) in [5, 5.41) is 0. The summed E-state index contributed by atoms with van der Waals surface area (Å²) >= 11 is 0. The molecule has 2 saturated carbocycles. The van der Waals surface area contributed by atoms with Crippen molar-refractivity contribution in [3.63, 3.8) is 0 Å². The molecule has 0 nitrogen and oxygen atoms in total. The molecule has 0 bridgehead atoms. The van der Waals surface area contributed by atoms with Crippen LogP contribution in [0, 0.1) is 11.3 Å². The van der Waals surface area contributed by atoms with E-state index in [1.807, 2.05) is 0 Å². The lowest BCUT2D eigenvalue weighted by molar-refractivity contribution is 0.0422. The van der Waals surface area contributed by atoms with E-state index in [0.717, 1.165) is 11.3 Å². The SMILES string of the molecule is CCCC1CCCCC12CCCCC2. The summed E-state index contributed by atoms with van der Waals surface area (Å²) < 4.78 is 0. The van der Waals surface area contributed by atoms with Crippen LogP contribution in [0.3, 0.4) is 0 Å². The van der Waals surface area contributed by atoms with Crippen molar-refractivity contribution in [1.82, 2.24) is 0 Å². The molecule has 1 spiro atoms. The van der Waals surface area contributed by atoms with Gasteiger partial charge in [0.1, 0.15) is 0 Å². The molecule has 0 aromatic rings. The van der Waals surface area contributed by atoms with Gasteiger partial charge in [0.15, 0.2) is 0 Å². The lowest BCUT2D eigenvalue weighted by Crippen LogP contribution is -2.35. The second kappa shape index (κ2) is 4.68. The van der Waals surface area contributed by atoms with E-state index in [2.05, 4.69) is 6.92 Å². The van der Waals surface area contributed by atoms with E-state index < -0.39 is 0 Å². The van der Waals surface area contributed by atoms with Crippen molar-refractivity contribution in [2.45, 2.75) is 77.6 Å². The molecule has 0 amide bonds. The van der Waals surface area contributed by atoms with E-state index in [1.165, 1.54) is 44.9 Å². The van der Waals surface area contributed by atoms with E-state index in [1.54, 1.807) is 25.7 Å². The minimum atomic E-state index is 0.826. The summed E-state index contributed by atoms with van der Waals surface area (Å²) in [7, 11) is 0. The topological polar surface area (TPSA) is 0 Å². The molecule has 0 heterocycles. The number of hydrogen-bond acceptors (Lipinski definition) is 0. The standard InChI is InChI=1S/C14H26/c1-2-8-13-9-4-7-12-14(13)10-5-3-6-11-14/h13H,2-12H2,1H3. The maximum absolute atomic E-state index is 2.37. The van der Waals surface area contributed by atoms with Gasteiger partial charge in [0, 0.05) is 0 Å². The summed E-state index contributed by atoms with van der Waals surface area (Å²) in [6, 6.07) is 0. The Balaban J connectivity index is 2.02. The molecule has 2 aliphatic carbocycles. The Labute approximate surface area is 89.5 Å². The smallest absolute Gasteiger partial charge is 0.0269 e. The Bertz CT molecular complexity index is 155. The highest BCUT2D eigenvalue weighted by atomic mass is 14.4. The fraction of sp³-hybridized carbons (Fsp3) is 1.00. The first-order chi connectivity index (χ1) is 6.87. The molecule has 0 radical (unpaired) electrons. The van der Waals surface area contributed by atoms with Crippen molar-refractivity contribution in [3.05, 3.63) is 0 Å². The van der Waals surface area contributed by atoms with Gasteiger partial charge < -0.3 is 0 Å². The third kappa shape index (κ3) is 1.99. The fourth-order valence-electron chi connectivity index (χ4n) is 4.09. The molecule has 0 aromatic heterocycles. The van der Waals surface area contributed by atoms with Crippen molar-refractivity contribution in [3.8, 4) is 0 Å². The maximum atomic E-state index is 2.37. The minimum absolute atomic E-state index is 0.826. The van der Waals surface area contributed by atoms with Gasteiger partial charge >= 0.3 is 0 Å². The van der Waals surface area contributed by atoms with Gasteiger partial charge in [-0.25, -0.2) is 0 Å². The molecular weight excluding hydrogens is 168 g/mol. The molecule has 0 heteroatoms. The van der Waals surface area contributed by atoms with Crippen LogP contribution in [0.15, 0.2) is 0 Å². The van der Waals surface area contributed by atoms with Crippen LogP contribution in [0.4, 0.5) is 0 Å². The van der Waals surface area contributed by atoms with Gasteiger partial charge in [-0.15, -0.1) is 0 Å². The van der Waals surface area contributed by atoms with E-state index in [9.17, 15) is 0 Å². The zero-order valence-corrected chi connectivity index (χ0v) is 9.86. The highest BCUT2D eigenvalue weighted by Gasteiger charge is 2.40. The van der Waals surface area contributed by atoms with Gasteiger partial charge in [-0.1, -0.05) is 51.9 Å². The molecule has 2 rings (SSSR count). The monoisotopic (exact) mass is 194 g/mol. The fourth-order valence-corrected chi connectivity index (χ4v) is 4.09. The molecule has 1 unspecified atom stereocenters. The van der Waals surface area contributed by atoms with Gasteiger partial charge in [0.25, 0.3) is 0 Å². The van der Waals surface area contributed by atoms with Crippen molar-refractivity contribution in [2.24, 2.45) is 11.3 Å². The van der Waals surface area contributed by atoms with E-state index in [0.29, 0.717) is 0 Å². The van der Waals surface area contributed by atoms with E-state index in [-0.39, 0.29) is 0 Å². The third-order valence-corrected chi connectivity index (χ3v) is 4.83. The second-order valence-electron chi connectivity index (χ2n) is 5.65.